The van der Waals surface area contributed by atoms with Crippen molar-refractivity contribution in [3.63, 3.8) is 0 Å². The molecule has 2 aliphatic heterocycles. The summed E-state index contributed by atoms with van der Waals surface area (Å²) in [6.45, 7) is 6.65. The van der Waals surface area contributed by atoms with Gasteiger partial charge in [0, 0.05) is 57.6 Å². The smallest absolute Gasteiger partial charge is 0.409 e. The molecule has 2 saturated heterocycles. The Morgan fingerprint density at radius 3 is 2.73 bits per heavy atom. The molecule has 0 aliphatic carbocycles. The number of carbonyl (C=O) groups is 1. The number of nitrogens with zero attached hydrogens (tertiary/aromatic N) is 3. The lowest BCUT2D eigenvalue weighted by Gasteiger charge is -2.32. The lowest BCUT2D eigenvalue weighted by molar-refractivity contribution is 0.0963. The van der Waals surface area contributed by atoms with E-state index in [0.717, 1.165) is 50.6 Å². The Bertz CT molecular complexity index is 718. The maximum atomic E-state index is 11.8. The fraction of sp³-hybridized carbons (Fsp3) is 0.636. The summed E-state index contributed by atoms with van der Waals surface area (Å²) in [6, 6.07) is 8.57. The van der Waals surface area contributed by atoms with E-state index in [9.17, 15) is 4.79 Å². The summed E-state index contributed by atoms with van der Waals surface area (Å²) in [7, 11) is 3.51. The van der Waals surface area contributed by atoms with E-state index < -0.39 is 0 Å². The van der Waals surface area contributed by atoms with E-state index >= 15 is 0 Å². The number of anilines is 1. The molecule has 1 aromatic rings. The molecule has 0 aromatic heterocycles. The molecular weight excluding hydrogens is 382 g/mol. The van der Waals surface area contributed by atoms with Gasteiger partial charge in [-0.1, -0.05) is 6.07 Å². The van der Waals surface area contributed by atoms with Crippen LogP contribution in [-0.2, 0) is 4.74 Å². The fourth-order valence-electron chi connectivity index (χ4n) is 4.09. The number of amides is 1. The molecule has 1 amide bonds. The number of benzene rings is 1. The largest absolute Gasteiger partial charge is 0.497 e. The SMILES string of the molecule is CCOC(=O)N1CCC(NC(=NC)NCC2CCN(c3cccc(OC)c3)C2)CC1. The van der Waals surface area contributed by atoms with Crippen LogP contribution < -0.4 is 20.3 Å². The van der Waals surface area contributed by atoms with Gasteiger partial charge in [-0.15, -0.1) is 0 Å². The zero-order valence-electron chi connectivity index (χ0n) is 18.4. The molecule has 2 N–H and O–H groups in total. The van der Waals surface area contributed by atoms with Crippen molar-refractivity contribution in [1.82, 2.24) is 15.5 Å². The number of hydrogen-bond acceptors (Lipinski definition) is 5. The Balaban J connectivity index is 1.40. The summed E-state index contributed by atoms with van der Waals surface area (Å²) in [5, 5.41) is 7.00. The topological polar surface area (TPSA) is 78.4 Å². The molecule has 2 aliphatic rings. The zero-order valence-corrected chi connectivity index (χ0v) is 18.4. The Kier molecular flexibility index (Phi) is 8.04. The number of rotatable bonds is 6. The molecule has 1 aromatic carbocycles. The highest BCUT2D eigenvalue weighted by Gasteiger charge is 2.25. The molecule has 1 atom stereocenters. The van der Waals surface area contributed by atoms with Crippen molar-refractivity contribution in [2.24, 2.45) is 10.9 Å². The standard InChI is InChI=1S/C22H35N5O3/c1-4-30-22(28)26-12-9-18(10-13-26)25-21(23-2)24-15-17-8-11-27(16-17)19-6-5-7-20(14-19)29-3/h5-7,14,17-18H,4,8-13,15-16H2,1-3H3,(H2,23,24,25). The number of methoxy groups -OCH3 is 1. The third-order valence-electron chi connectivity index (χ3n) is 5.85. The minimum absolute atomic E-state index is 0.208. The number of aliphatic imine (C=N–C) groups is 1. The average Bonchev–Trinajstić information content (AvgIpc) is 3.26. The number of guanidine groups is 1. The molecule has 8 heteroatoms. The highest BCUT2D eigenvalue weighted by atomic mass is 16.6. The van der Waals surface area contributed by atoms with Crippen LogP contribution in [-0.4, -0.2) is 76.5 Å². The van der Waals surface area contributed by atoms with Crippen molar-refractivity contribution in [2.45, 2.75) is 32.2 Å². The Morgan fingerprint density at radius 1 is 1.23 bits per heavy atom. The van der Waals surface area contributed by atoms with Crippen molar-refractivity contribution in [3.8, 4) is 5.75 Å². The molecule has 1 unspecified atom stereocenters. The van der Waals surface area contributed by atoms with Crippen LogP contribution in [0.25, 0.3) is 0 Å². The van der Waals surface area contributed by atoms with E-state index in [4.69, 9.17) is 9.47 Å². The molecule has 30 heavy (non-hydrogen) atoms. The fourth-order valence-corrected chi connectivity index (χ4v) is 4.09. The van der Waals surface area contributed by atoms with Gasteiger partial charge in [-0.25, -0.2) is 4.79 Å². The summed E-state index contributed by atoms with van der Waals surface area (Å²) in [5.41, 5.74) is 1.22. The zero-order chi connectivity index (χ0) is 21.3. The van der Waals surface area contributed by atoms with E-state index in [1.165, 1.54) is 5.69 Å². The molecule has 0 bridgehead atoms. The lowest BCUT2D eigenvalue weighted by atomic mass is 10.1. The van der Waals surface area contributed by atoms with Crippen LogP contribution in [0.3, 0.4) is 0 Å². The molecule has 0 radical (unpaired) electrons. The van der Waals surface area contributed by atoms with Crippen LogP contribution in [0, 0.1) is 5.92 Å². The van der Waals surface area contributed by atoms with Gasteiger partial charge < -0.3 is 29.9 Å². The van der Waals surface area contributed by atoms with Gasteiger partial charge in [-0.05, 0) is 44.2 Å². The minimum atomic E-state index is -0.208. The molecule has 2 heterocycles. The Morgan fingerprint density at radius 2 is 2.03 bits per heavy atom. The summed E-state index contributed by atoms with van der Waals surface area (Å²) < 4.78 is 10.4. The van der Waals surface area contributed by atoms with Gasteiger partial charge in [0.2, 0.25) is 0 Å². The van der Waals surface area contributed by atoms with E-state index in [1.54, 1.807) is 19.1 Å². The third kappa shape index (κ3) is 5.93. The number of piperidine rings is 1. The first-order valence-corrected chi connectivity index (χ1v) is 10.9. The number of ether oxygens (including phenoxy) is 2. The minimum Gasteiger partial charge on any atom is -0.497 e. The van der Waals surface area contributed by atoms with Gasteiger partial charge >= 0.3 is 6.09 Å². The van der Waals surface area contributed by atoms with E-state index in [2.05, 4.69) is 32.7 Å². The van der Waals surface area contributed by atoms with Gasteiger partial charge in [0.25, 0.3) is 0 Å². The van der Waals surface area contributed by atoms with Crippen molar-refractivity contribution in [3.05, 3.63) is 24.3 Å². The van der Waals surface area contributed by atoms with Crippen LogP contribution in [0.1, 0.15) is 26.2 Å². The second kappa shape index (κ2) is 10.9. The lowest BCUT2D eigenvalue weighted by Crippen LogP contribution is -2.50. The number of hydrogen-bond donors (Lipinski definition) is 2. The number of nitrogens with one attached hydrogen (secondary N) is 2. The van der Waals surface area contributed by atoms with Gasteiger partial charge in [0.05, 0.1) is 13.7 Å². The van der Waals surface area contributed by atoms with Crippen LogP contribution >= 0.6 is 0 Å². The van der Waals surface area contributed by atoms with Crippen molar-refractivity contribution < 1.29 is 14.3 Å². The van der Waals surface area contributed by atoms with Crippen LogP contribution in [0.2, 0.25) is 0 Å². The molecule has 8 nitrogen and oxygen atoms in total. The second-order valence-corrected chi connectivity index (χ2v) is 7.86. The number of carbonyl (C=O) groups excluding carboxylic acids is 1. The second-order valence-electron chi connectivity index (χ2n) is 7.86. The quantitative estimate of drug-likeness (QED) is 0.546. The van der Waals surface area contributed by atoms with Gasteiger partial charge in [0.15, 0.2) is 5.96 Å². The van der Waals surface area contributed by atoms with Gasteiger partial charge in [-0.3, -0.25) is 4.99 Å². The first kappa shape index (κ1) is 22.1. The van der Waals surface area contributed by atoms with Crippen molar-refractivity contribution in [1.29, 1.82) is 0 Å². The van der Waals surface area contributed by atoms with E-state index in [-0.39, 0.29) is 6.09 Å². The molecule has 0 spiro atoms. The first-order valence-electron chi connectivity index (χ1n) is 10.9. The summed E-state index contributed by atoms with van der Waals surface area (Å²) in [4.78, 5) is 20.4. The maximum Gasteiger partial charge on any atom is 0.409 e. The normalized spacial score (nSPS) is 20.2. The van der Waals surface area contributed by atoms with E-state index in [0.29, 0.717) is 31.7 Å². The molecular formula is C22H35N5O3. The first-order chi connectivity index (χ1) is 14.6. The summed E-state index contributed by atoms with van der Waals surface area (Å²) in [6.07, 6.45) is 2.73. The summed E-state index contributed by atoms with van der Waals surface area (Å²) >= 11 is 0. The molecule has 166 valence electrons. The van der Waals surface area contributed by atoms with Crippen LogP contribution in [0.15, 0.2) is 29.3 Å². The molecule has 3 rings (SSSR count). The maximum absolute atomic E-state index is 11.8. The van der Waals surface area contributed by atoms with E-state index in [1.807, 2.05) is 19.1 Å². The predicted octanol–water partition coefficient (Wildman–Crippen LogP) is 2.31. The monoisotopic (exact) mass is 417 g/mol. The molecule has 0 saturated carbocycles. The van der Waals surface area contributed by atoms with Crippen LogP contribution in [0.4, 0.5) is 10.5 Å². The Hall–Kier alpha value is -2.64. The van der Waals surface area contributed by atoms with Crippen LogP contribution in [0.5, 0.6) is 5.75 Å². The summed E-state index contributed by atoms with van der Waals surface area (Å²) in [5.74, 6) is 2.30. The van der Waals surface area contributed by atoms with Gasteiger partial charge in [-0.2, -0.15) is 0 Å². The van der Waals surface area contributed by atoms with Gasteiger partial charge in [0.1, 0.15) is 5.75 Å². The highest BCUT2D eigenvalue weighted by Crippen LogP contribution is 2.26. The predicted molar refractivity (Wildman–Crippen MR) is 119 cm³/mol. The average molecular weight is 418 g/mol. The third-order valence-corrected chi connectivity index (χ3v) is 5.85. The number of likely N-dealkylation sites (tertiary alicyclic amines) is 1. The Labute approximate surface area is 179 Å². The van der Waals surface area contributed by atoms with Crippen molar-refractivity contribution in [2.75, 3.05) is 58.4 Å². The van der Waals surface area contributed by atoms with Crippen molar-refractivity contribution >= 4 is 17.7 Å². The molecule has 2 fully saturated rings. The highest BCUT2D eigenvalue weighted by molar-refractivity contribution is 5.80.